The van der Waals surface area contributed by atoms with Crippen LogP contribution >= 0.6 is 0 Å². The molecule has 0 spiro atoms. The van der Waals surface area contributed by atoms with E-state index in [1.165, 1.54) is 17.7 Å². The average Bonchev–Trinajstić information content (AvgIpc) is 2.47. The predicted octanol–water partition coefficient (Wildman–Crippen LogP) is 3.83. The molecule has 108 valence electrons. The van der Waals surface area contributed by atoms with E-state index < -0.39 is 0 Å². The number of rotatable bonds is 2. The molecule has 2 aromatic carbocycles. The van der Waals surface area contributed by atoms with Gasteiger partial charge in [-0.3, -0.25) is 0 Å². The Kier molecular flexibility index (Phi) is 3.73. The van der Waals surface area contributed by atoms with Crippen LogP contribution in [-0.4, -0.2) is 12.6 Å². The van der Waals surface area contributed by atoms with Crippen molar-refractivity contribution in [2.75, 3.05) is 22.5 Å². The summed E-state index contributed by atoms with van der Waals surface area (Å²) in [4.78, 5) is 11.9. The molecule has 0 fully saturated rings. The van der Waals surface area contributed by atoms with E-state index in [-0.39, 0.29) is 11.8 Å². The zero-order valence-corrected chi connectivity index (χ0v) is 11.4. The second kappa shape index (κ2) is 5.83. The number of urea groups is 1. The molecule has 21 heavy (non-hydrogen) atoms. The Morgan fingerprint density at radius 3 is 2.71 bits per heavy atom. The standard InChI is InChI=1S/C16H16FN3O/c17-12-4-1-5-13(10-12)19-16(21)20-14-6-7-15-11(9-14)3-2-8-18-15/h1,4-7,9-10,18H,2-3,8H2,(H2,19,20,21). The maximum absolute atomic E-state index is 13.1. The molecule has 3 N–H and O–H groups in total. The predicted molar refractivity (Wildman–Crippen MR) is 82.3 cm³/mol. The summed E-state index contributed by atoms with van der Waals surface area (Å²) in [6.45, 7) is 0.986. The fourth-order valence-corrected chi connectivity index (χ4v) is 2.41. The lowest BCUT2D eigenvalue weighted by Crippen LogP contribution is -2.20. The van der Waals surface area contributed by atoms with Crippen LogP contribution < -0.4 is 16.0 Å². The summed E-state index contributed by atoms with van der Waals surface area (Å²) >= 11 is 0. The number of benzene rings is 2. The van der Waals surface area contributed by atoms with Crippen molar-refractivity contribution in [1.82, 2.24) is 0 Å². The Bertz CT molecular complexity index is 672. The van der Waals surface area contributed by atoms with Gasteiger partial charge in [0.15, 0.2) is 0 Å². The van der Waals surface area contributed by atoms with E-state index in [0.29, 0.717) is 5.69 Å². The van der Waals surface area contributed by atoms with E-state index >= 15 is 0 Å². The lowest BCUT2D eigenvalue weighted by Gasteiger charge is -2.18. The second-order valence-electron chi connectivity index (χ2n) is 4.99. The highest BCUT2D eigenvalue weighted by molar-refractivity contribution is 5.99. The summed E-state index contributed by atoms with van der Waals surface area (Å²) in [5, 5.41) is 8.68. The van der Waals surface area contributed by atoms with Gasteiger partial charge in [0.1, 0.15) is 5.82 Å². The Morgan fingerprint density at radius 2 is 1.90 bits per heavy atom. The van der Waals surface area contributed by atoms with Crippen LogP contribution in [0.25, 0.3) is 0 Å². The van der Waals surface area contributed by atoms with Crippen molar-refractivity contribution in [3.8, 4) is 0 Å². The Labute approximate surface area is 122 Å². The SMILES string of the molecule is O=C(Nc1cccc(F)c1)Nc1ccc2c(c1)CCCN2. The van der Waals surface area contributed by atoms with Gasteiger partial charge in [-0.25, -0.2) is 9.18 Å². The molecule has 1 aliphatic heterocycles. The van der Waals surface area contributed by atoms with Crippen molar-refractivity contribution in [1.29, 1.82) is 0 Å². The molecule has 5 heteroatoms. The Balaban J connectivity index is 1.67. The van der Waals surface area contributed by atoms with Crippen molar-refractivity contribution in [2.24, 2.45) is 0 Å². The number of hydrogen-bond acceptors (Lipinski definition) is 2. The van der Waals surface area contributed by atoms with Crippen LogP contribution in [-0.2, 0) is 6.42 Å². The number of halogens is 1. The van der Waals surface area contributed by atoms with Crippen LogP contribution in [0.1, 0.15) is 12.0 Å². The summed E-state index contributed by atoms with van der Waals surface area (Å²) in [5.74, 6) is -0.382. The third kappa shape index (κ3) is 3.31. The molecular weight excluding hydrogens is 269 g/mol. The summed E-state index contributed by atoms with van der Waals surface area (Å²) < 4.78 is 13.1. The highest BCUT2D eigenvalue weighted by Crippen LogP contribution is 2.25. The molecule has 2 amide bonds. The van der Waals surface area contributed by atoms with E-state index in [2.05, 4.69) is 16.0 Å². The largest absolute Gasteiger partial charge is 0.385 e. The van der Waals surface area contributed by atoms with E-state index in [1.54, 1.807) is 12.1 Å². The van der Waals surface area contributed by atoms with Gasteiger partial charge in [-0.2, -0.15) is 0 Å². The van der Waals surface area contributed by atoms with Crippen LogP contribution in [0.15, 0.2) is 42.5 Å². The van der Waals surface area contributed by atoms with Gasteiger partial charge in [0.05, 0.1) is 0 Å². The first-order valence-corrected chi connectivity index (χ1v) is 6.91. The summed E-state index contributed by atoms with van der Waals surface area (Å²) in [7, 11) is 0. The van der Waals surface area contributed by atoms with Crippen LogP contribution in [0.2, 0.25) is 0 Å². The van der Waals surface area contributed by atoms with Crippen molar-refractivity contribution >= 4 is 23.1 Å². The van der Waals surface area contributed by atoms with Gasteiger partial charge in [0, 0.05) is 23.6 Å². The molecular formula is C16H16FN3O. The number of aryl methyl sites for hydroxylation is 1. The van der Waals surface area contributed by atoms with Crippen LogP contribution in [0.4, 0.5) is 26.2 Å². The maximum Gasteiger partial charge on any atom is 0.323 e. The smallest absolute Gasteiger partial charge is 0.323 e. The monoisotopic (exact) mass is 285 g/mol. The van der Waals surface area contributed by atoms with E-state index in [0.717, 1.165) is 30.8 Å². The molecule has 0 radical (unpaired) electrons. The molecule has 2 aromatic rings. The number of anilines is 3. The minimum atomic E-state index is -0.385. The Hall–Kier alpha value is -2.56. The zero-order valence-electron chi connectivity index (χ0n) is 11.4. The quantitative estimate of drug-likeness (QED) is 0.785. The topological polar surface area (TPSA) is 53.2 Å². The first-order valence-electron chi connectivity index (χ1n) is 6.91. The van der Waals surface area contributed by atoms with Crippen molar-refractivity contribution in [2.45, 2.75) is 12.8 Å². The number of hydrogen-bond donors (Lipinski definition) is 3. The molecule has 0 saturated carbocycles. The molecule has 0 atom stereocenters. The van der Waals surface area contributed by atoms with Gasteiger partial charge in [0.2, 0.25) is 0 Å². The van der Waals surface area contributed by atoms with Crippen molar-refractivity contribution in [3.63, 3.8) is 0 Å². The lowest BCUT2D eigenvalue weighted by atomic mass is 10.0. The van der Waals surface area contributed by atoms with Crippen molar-refractivity contribution < 1.29 is 9.18 Å². The van der Waals surface area contributed by atoms with Gasteiger partial charge < -0.3 is 16.0 Å². The molecule has 0 saturated heterocycles. The molecule has 0 aromatic heterocycles. The number of carbonyl (C=O) groups excluding carboxylic acids is 1. The second-order valence-corrected chi connectivity index (χ2v) is 4.99. The molecule has 1 heterocycles. The third-order valence-electron chi connectivity index (χ3n) is 3.38. The van der Waals surface area contributed by atoms with Gasteiger partial charge in [-0.05, 0) is 54.8 Å². The molecule has 0 aliphatic carbocycles. The number of amides is 2. The minimum Gasteiger partial charge on any atom is -0.385 e. The first-order chi connectivity index (χ1) is 10.2. The zero-order chi connectivity index (χ0) is 14.7. The first kappa shape index (κ1) is 13.4. The number of carbonyl (C=O) groups is 1. The van der Waals surface area contributed by atoms with E-state index in [9.17, 15) is 9.18 Å². The fraction of sp³-hybridized carbons (Fsp3) is 0.188. The van der Waals surface area contributed by atoms with Gasteiger partial charge in [-0.15, -0.1) is 0 Å². The van der Waals surface area contributed by atoms with Crippen LogP contribution in [0, 0.1) is 5.82 Å². The minimum absolute atomic E-state index is 0.382. The maximum atomic E-state index is 13.1. The van der Waals surface area contributed by atoms with E-state index in [1.807, 2.05) is 18.2 Å². The lowest BCUT2D eigenvalue weighted by molar-refractivity contribution is 0.262. The molecule has 3 rings (SSSR count). The molecule has 1 aliphatic rings. The third-order valence-corrected chi connectivity index (χ3v) is 3.38. The molecule has 4 nitrogen and oxygen atoms in total. The highest BCUT2D eigenvalue weighted by atomic mass is 19.1. The molecule has 0 unspecified atom stereocenters. The fourth-order valence-electron chi connectivity index (χ4n) is 2.41. The van der Waals surface area contributed by atoms with Crippen LogP contribution in [0.3, 0.4) is 0 Å². The van der Waals surface area contributed by atoms with Gasteiger partial charge >= 0.3 is 6.03 Å². The highest BCUT2D eigenvalue weighted by Gasteiger charge is 2.10. The normalized spacial score (nSPS) is 13.0. The summed E-state index contributed by atoms with van der Waals surface area (Å²) in [5.41, 5.74) is 3.47. The van der Waals surface area contributed by atoms with Gasteiger partial charge in [-0.1, -0.05) is 6.07 Å². The summed E-state index contributed by atoms with van der Waals surface area (Å²) in [6.07, 6.45) is 2.09. The summed E-state index contributed by atoms with van der Waals surface area (Å²) in [6, 6.07) is 11.2. The number of nitrogens with one attached hydrogen (secondary N) is 3. The van der Waals surface area contributed by atoms with E-state index in [4.69, 9.17) is 0 Å². The molecule has 0 bridgehead atoms. The van der Waals surface area contributed by atoms with Crippen LogP contribution in [0.5, 0.6) is 0 Å². The van der Waals surface area contributed by atoms with Crippen molar-refractivity contribution in [3.05, 3.63) is 53.8 Å². The Morgan fingerprint density at radius 1 is 1.10 bits per heavy atom. The average molecular weight is 285 g/mol. The number of fused-ring (bicyclic) bond motifs is 1. The van der Waals surface area contributed by atoms with Gasteiger partial charge in [0.25, 0.3) is 0 Å².